The second kappa shape index (κ2) is 6.25. The van der Waals surface area contributed by atoms with Crippen molar-refractivity contribution in [2.75, 3.05) is 6.26 Å². The highest BCUT2D eigenvalue weighted by atomic mass is 32.2. The van der Waals surface area contributed by atoms with Gasteiger partial charge < -0.3 is 4.52 Å². The molecule has 0 N–H and O–H groups in total. The van der Waals surface area contributed by atoms with Gasteiger partial charge >= 0.3 is 0 Å². The Kier molecular flexibility index (Phi) is 3.93. The van der Waals surface area contributed by atoms with Gasteiger partial charge in [0.1, 0.15) is 5.82 Å². The number of thioether (sulfide) groups is 1. The molecule has 1 aromatic carbocycles. The molecule has 0 fully saturated rings. The van der Waals surface area contributed by atoms with Gasteiger partial charge in [0.15, 0.2) is 5.16 Å². The molecule has 0 saturated carbocycles. The lowest BCUT2D eigenvalue weighted by atomic mass is 10.0. The van der Waals surface area contributed by atoms with Gasteiger partial charge in [-0.2, -0.15) is 0 Å². The minimum Gasteiger partial charge on any atom is -0.336 e. The van der Waals surface area contributed by atoms with Crippen molar-refractivity contribution in [3.8, 4) is 22.5 Å². The van der Waals surface area contributed by atoms with Crippen molar-refractivity contribution >= 4 is 22.9 Å². The third-order valence-electron chi connectivity index (χ3n) is 3.86. The molecule has 0 aliphatic heterocycles. The molecule has 0 unspecified atom stereocenters. The number of aryl methyl sites for hydroxylation is 1. The third kappa shape index (κ3) is 2.87. The fourth-order valence-electron chi connectivity index (χ4n) is 2.60. The second-order valence-electron chi connectivity index (χ2n) is 5.44. The number of hydrogen-bond donors (Lipinski definition) is 0. The maximum atomic E-state index is 13.3. The lowest BCUT2D eigenvalue weighted by Crippen LogP contribution is -1.94. The summed E-state index contributed by atoms with van der Waals surface area (Å²) in [7, 11) is 0. The van der Waals surface area contributed by atoms with Crippen molar-refractivity contribution in [2.24, 2.45) is 0 Å². The number of pyridine rings is 1. The summed E-state index contributed by atoms with van der Waals surface area (Å²) in [4.78, 5) is 13.4. The van der Waals surface area contributed by atoms with Gasteiger partial charge in [-0.15, -0.1) is 0 Å². The summed E-state index contributed by atoms with van der Waals surface area (Å²) in [5.41, 5.74) is 4.20. The van der Waals surface area contributed by atoms with Crippen LogP contribution in [0, 0.1) is 12.7 Å². The Labute approximate surface area is 147 Å². The molecule has 0 radical (unpaired) electrons. The number of aromatic nitrogens is 4. The highest BCUT2D eigenvalue weighted by Crippen LogP contribution is 2.33. The van der Waals surface area contributed by atoms with Crippen molar-refractivity contribution in [3.05, 3.63) is 54.1 Å². The van der Waals surface area contributed by atoms with Crippen molar-refractivity contribution < 1.29 is 8.91 Å². The molecule has 0 saturated heterocycles. The van der Waals surface area contributed by atoms with E-state index in [0.29, 0.717) is 16.6 Å². The van der Waals surface area contributed by atoms with Gasteiger partial charge in [-0.25, -0.2) is 19.3 Å². The van der Waals surface area contributed by atoms with Gasteiger partial charge in [0, 0.05) is 17.3 Å². The van der Waals surface area contributed by atoms with Gasteiger partial charge in [0.05, 0.1) is 22.5 Å². The third-order valence-corrected chi connectivity index (χ3v) is 4.42. The zero-order chi connectivity index (χ0) is 17.4. The Hall–Kier alpha value is -2.80. The van der Waals surface area contributed by atoms with Crippen molar-refractivity contribution in [1.82, 2.24) is 20.1 Å². The minimum atomic E-state index is -0.298. The average molecular weight is 352 g/mol. The van der Waals surface area contributed by atoms with Gasteiger partial charge in [0.25, 0.3) is 5.71 Å². The number of benzene rings is 1. The summed E-state index contributed by atoms with van der Waals surface area (Å²) in [5, 5.41) is 5.47. The molecule has 0 spiro atoms. The summed E-state index contributed by atoms with van der Waals surface area (Å²) in [6, 6.07) is 9.98. The summed E-state index contributed by atoms with van der Waals surface area (Å²) in [6.07, 6.45) is 3.64. The van der Waals surface area contributed by atoms with E-state index < -0.39 is 0 Å². The standard InChI is InChI=1S/C18H13FN4OS/c1-10-13-9-14(15-7-8-20-18(21-15)25-2)16(22-17(13)24-23-10)11-3-5-12(19)6-4-11/h3-9H,1-2H3. The molecular weight excluding hydrogens is 339 g/mol. The molecule has 0 bridgehead atoms. The summed E-state index contributed by atoms with van der Waals surface area (Å²) in [5.74, 6) is -0.298. The molecule has 124 valence electrons. The average Bonchev–Trinajstić information content (AvgIpc) is 3.01. The number of halogens is 1. The zero-order valence-corrected chi connectivity index (χ0v) is 14.3. The van der Waals surface area contributed by atoms with Crippen LogP contribution in [-0.2, 0) is 0 Å². The highest BCUT2D eigenvalue weighted by Gasteiger charge is 2.16. The van der Waals surface area contributed by atoms with E-state index in [1.807, 2.05) is 25.3 Å². The summed E-state index contributed by atoms with van der Waals surface area (Å²) in [6.45, 7) is 1.86. The molecule has 4 rings (SSSR count). The Morgan fingerprint density at radius 1 is 1.08 bits per heavy atom. The molecule has 25 heavy (non-hydrogen) atoms. The molecule has 0 atom stereocenters. The second-order valence-corrected chi connectivity index (χ2v) is 6.21. The number of fused-ring (bicyclic) bond motifs is 1. The minimum absolute atomic E-state index is 0.298. The van der Waals surface area contributed by atoms with Crippen molar-refractivity contribution in [3.63, 3.8) is 0 Å². The maximum Gasteiger partial charge on any atom is 0.258 e. The van der Waals surface area contributed by atoms with Crippen LogP contribution in [0.25, 0.3) is 33.6 Å². The normalized spacial score (nSPS) is 11.2. The molecule has 0 aliphatic carbocycles. The Bertz CT molecular complexity index is 1060. The lowest BCUT2D eigenvalue weighted by Gasteiger charge is -2.09. The van der Waals surface area contributed by atoms with E-state index in [-0.39, 0.29) is 5.82 Å². The first-order chi connectivity index (χ1) is 12.2. The smallest absolute Gasteiger partial charge is 0.258 e. The van der Waals surface area contributed by atoms with E-state index in [1.165, 1.54) is 23.9 Å². The number of rotatable bonds is 3. The predicted molar refractivity (Wildman–Crippen MR) is 94.7 cm³/mol. The monoisotopic (exact) mass is 352 g/mol. The van der Waals surface area contributed by atoms with Crippen LogP contribution in [0.1, 0.15) is 5.69 Å². The molecular formula is C18H13FN4OS. The molecule has 3 heterocycles. The topological polar surface area (TPSA) is 64.7 Å². The summed E-state index contributed by atoms with van der Waals surface area (Å²) < 4.78 is 18.6. The van der Waals surface area contributed by atoms with Crippen LogP contribution in [0.15, 0.2) is 52.3 Å². The van der Waals surface area contributed by atoms with E-state index in [1.54, 1.807) is 18.3 Å². The first-order valence-corrected chi connectivity index (χ1v) is 8.78. The lowest BCUT2D eigenvalue weighted by molar-refractivity contribution is 0.443. The Balaban J connectivity index is 2.00. The molecule has 0 aliphatic rings. The highest BCUT2D eigenvalue weighted by molar-refractivity contribution is 7.98. The summed E-state index contributed by atoms with van der Waals surface area (Å²) >= 11 is 1.47. The van der Waals surface area contributed by atoms with Crippen molar-refractivity contribution in [2.45, 2.75) is 12.1 Å². The molecule has 0 amide bonds. The molecule has 7 heteroatoms. The fourth-order valence-corrected chi connectivity index (χ4v) is 2.95. The number of nitrogens with zero attached hydrogens (tertiary/aromatic N) is 4. The van der Waals surface area contributed by atoms with E-state index in [4.69, 9.17) is 4.52 Å². The molecule has 4 aromatic rings. The van der Waals surface area contributed by atoms with Crippen molar-refractivity contribution in [1.29, 1.82) is 0 Å². The van der Waals surface area contributed by atoms with E-state index in [2.05, 4.69) is 20.1 Å². The van der Waals surface area contributed by atoms with Gasteiger partial charge in [-0.05, 0) is 49.6 Å². The van der Waals surface area contributed by atoms with Crippen LogP contribution in [0.5, 0.6) is 0 Å². The van der Waals surface area contributed by atoms with Crippen LogP contribution in [0.4, 0.5) is 4.39 Å². The van der Waals surface area contributed by atoms with Crippen LogP contribution < -0.4 is 0 Å². The first-order valence-electron chi connectivity index (χ1n) is 7.56. The molecule has 5 nitrogen and oxygen atoms in total. The zero-order valence-electron chi connectivity index (χ0n) is 13.5. The Morgan fingerprint density at radius 3 is 2.64 bits per heavy atom. The fraction of sp³-hybridized carbons (Fsp3) is 0.111. The largest absolute Gasteiger partial charge is 0.336 e. The van der Waals surface area contributed by atoms with E-state index in [9.17, 15) is 4.39 Å². The van der Waals surface area contributed by atoms with Crippen LogP contribution in [-0.4, -0.2) is 26.4 Å². The first kappa shape index (κ1) is 15.7. The predicted octanol–water partition coefficient (Wildman–Crippen LogP) is 4.52. The van der Waals surface area contributed by atoms with Crippen LogP contribution >= 0.6 is 11.8 Å². The van der Waals surface area contributed by atoms with Crippen LogP contribution in [0.2, 0.25) is 0 Å². The Morgan fingerprint density at radius 2 is 1.88 bits per heavy atom. The van der Waals surface area contributed by atoms with Crippen LogP contribution in [0.3, 0.4) is 0 Å². The quantitative estimate of drug-likeness (QED) is 0.399. The maximum absolute atomic E-state index is 13.3. The van der Waals surface area contributed by atoms with Gasteiger partial charge in [-0.1, -0.05) is 16.9 Å². The van der Waals surface area contributed by atoms with Gasteiger partial charge in [0.2, 0.25) is 0 Å². The molecule has 3 aromatic heterocycles. The van der Waals surface area contributed by atoms with Gasteiger partial charge in [-0.3, -0.25) is 0 Å². The van der Waals surface area contributed by atoms with E-state index in [0.717, 1.165) is 27.9 Å². The SMILES string of the molecule is CSc1nccc(-c2cc3c(C)noc3nc2-c2ccc(F)cc2)n1. The number of hydrogen-bond acceptors (Lipinski definition) is 6. The van der Waals surface area contributed by atoms with E-state index >= 15 is 0 Å².